The van der Waals surface area contributed by atoms with Crippen LogP contribution in [0.25, 0.3) is 5.69 Å². The number of carbonyl (C=O) groups is 2. The Morgan fingerprint density at radius 2 is 1.83 bits per heavy atom. The monoisotopic (exact) mass is 628 g/mol. The van der Waals surface area contributed by atoms with E-state index >= 15 is 0 Å². The van der Waals surface area contributed by atoms with Crippen molar-refractivity contribution >= 4 is 34.9 Å². The number of aromatic nitrogens is 2. The highest BCUT2D eigenvalue weighted by Gasteiger charge is 2.51. The standard InChI is InChI=1S/C22H18ClF3N4OS.C4H6O6/c23-18-8-16-20(32-18)21(31-13-22(16,25)26)4-6-29(7-5-21)11-14-10-28-30(12-14)19-15(9-27)2-1-3-17(19)24;5-1(3(7)8)2(6)4(9)10/h1-3,8,10,12H,4-7,11,13H2;1-2,5-6H,(H,7,8)(H,9,10)/t;1-,2-/m.1/s1. The normalized spacial score (nSPS) is 18.7. The lowest BCUT2D eigenvalue weighted by molar-refractivity contribution is -0.182. The number of hydrogen-bond acceptors (Lipinski definition) is 9. The summed E-state index contributed by atoms with van der Waals surface area (Å²) in [5.41, 5.74) is 0.453. The van der Waals surface area contributed by atoms with E-state index in [0.29, 0.717) is 41.7 Å². The molecule has 16 heteroatoms. The first-order valence-electron chi connectivity index (χ1n) is 12.4. The average Bonchev–Trinajstić information content (AvgIpc) is 3.59. The van der Waals surface area contributed by atoms with E-state index in [1.54, 1.807) is 18.5 Å². The summed E-state index contributed by atoms with van der Waals surface area (Å²) in [6, 6.07) is 7.68. The Balaban J connectivity index is 0.000000349. The zero-order chi connectivity index (χ0) is 30.8. The van der Waals surface area contributed by atoms with E-state index in [1.807, 2.05) is 6.07 Å². The van der Waals surface area contributed by atoms with Crippen molar-refractivity contribution in [2.45, 2.75) is 43.1 Å². The smallest absolute Gasteiger partial charge is 0.335 e. The summed E-state index contributed by atoms with van der Waals surface area (Å²) in [6.45, 7) is 1.23. The van der Waals surface area contributed by atoms with Crippen LogP contribution in [-0.4, -0.2) is 78.9 Å². The number of piperidine rings is 1. The summed E-state index contributed by atoms with van der Waals surface area (Å²) in [6.07, 6.45) is -0.0273. The fourth-order valence-corrected chi connectivity index (χ4v) is 6.20. The number of carboxylic acids is 2. The summed E-state index contributed by atoms with van der Waals surface area (Å²) in [4.78, 5) is 22.3. The van der Waals surface area contributed by atoms with Gasteiger partial charge in [0.15, 0.2) is 12.2 Å². The molecule has 1 spiro atoms. The second-order valence-corrected chi connectivity index (χ2v) is 11.3. The molecule has 224 valence electrons. The molecular weight excluding hydrogens is 605 g/mol. The first-order chi connectivity index (χ1) is 19.8. The van der Waals surface area contributed by atoms with Gasteiger partial charge in [-0.2, -0.15) is 19.1 Å². The van der Waals surface area contributed by atoms with Crippen LogP contribution in [-0.2, 0) is 32.4 Å². The highest BCUT2D eigenvalue weighted by Crippen LogP contribution is 2.52. The van der Waals surface area contributed by atoms with E-state index in [1.165, 1.54) is 34.2 Å². The number of nitriles is 1. The van der Waals surface area contributed by atoms with E-state index < -0.39 is 48.1 Å². The molecule has 0 bridgehead atoms. The minimum absolute atomic E-state index is 0.00772. The Bertz CT molecular complexity index is 1500. The third-order valence-corrected chi connectivity index (χ3v) is 8.34. The van der Waals surface area contributed by atoms with Gasteiger partial charge < -0.3 is 25.2 Å². The maximum atomic E-state index is 14.3. The zero-order valence-corrected chi connectivity index (χ0v) is 23.2. The topological polar surface area (TPSA) is 169 Å². The Kier molecular flexibility index (Phi) is 9.26. The van der Waals surface area contributed by atoms with Crippen LogP contribution < -0.4 is 0 Å². The van der Waals surface area contributed by atoms with E-state index in [0.717, 1.165) is 5.56 Å². The third-order valence-electron chi connectivity index (χ3n) is 6.89. The molecule has 3 aromatic rings. The number of ether oxygens (including phenoxy) is 1. The lowest BCUT2D eigenvalue weighted by Crippen LogP contribution is -2.48. The Morgan fingerprint density at radius 3 is 2.43 bits per heavy atom. The van der Waals surface area contributed by atoms with Crippen molar-refractivity contribution in [2.24, 2.45) is 0 Å². The fraction of sp³-hybridized carbons (Fsp3) is 0.385. The molecule has 4 heterocycles. The lowest BCUT2D eigenvalue weighted by atomic mass is 9.84. The van der Waals surface area contributed by atoms with Gasteiger partial charge in [-0.3, -0.25) is 4.90 Å². The van der Waals surface area contributed by atoms with Crippen molar-refractivity contribution in [1.29, 1.82) is 5.26 Å². The van der Waals surface area contributed by atoms with Crippen LogP contribution in [0.4, 0.5) is 13.2 Å². The van der Waals surface area contributed by atoms with E-state index in [4.69, 9.17) is 36.8 Å². The molecule has 1 fully saturated rings. The third kappa shape index (κ3) is 6.43. The van der Waals surface area contributed by atoms with Crippen LogP contribution in [0.5, 0.6) is 0 Å². The Hall–Kier alpha value is -3.52. The molecule has 5 rings (SSSR count). The van der Waals surface area contributed by atoms with Crippen LogP contribution in [0, 0.1) is 17.1 Å². The zero-order valence-electron chi connectivity index (χ0n) is 21.6. The van der Waals surface area contributed by atoms with Gasteiger partial charge in [-0.15, -0.1) is 11.3 Å². The number of alkyl halides is 2. The SMILES string of the molecule is N#Cc1cccc(F)c1-n1cc(CN2CCC3(CC2)OCC(F)(F)c2cc(Cl)sc23)cn1.O=C(O)[C@H](O)[C@@H](O)C(=O)O. The molecule has 2 aliphatic heterocycles. The highest BCUT2D eigenvalue weighted by molar-refractivity contribution is 7.16. The maximum Gasteiger partial charge on any atom is 0.335 e. The number of halogens is 4. The van der Waals surface area contributed by atoms with Crippen molar-refractivity contribution in [3.05, 3.63) is 68.4 Å². The van der Waals surface area contributed by atoms with Crippen LogP contribution >= 0.6 is 22.9 Å². The van der Waals surface area contributed by atoms with Crippen LogP contribution in [0.3, 0.4) is 0 Å². The number of benzene rings is 1. The number of para-hydroxylation sites is 1. The van der Waals surface area contributed by atoms with Gasteiger partial charge in [0.25, 0.3) is 5.92 Å². The highest BCUT2D eigenvalue weighted by atomic mass is 35.5. The van der Waals surface area contributed by atoms with Gasteiger partial charge in [0.05, 0.1) is 16.1 Å². The summed E-state index contributed by atoms with van der Waals surface area (Å²) in [5.74, 6) is -7.08. The first-order valence-corrected chi connectivity index (χ1v) is 13.6. The second kappa shape index (κ2) is 12.4. The van der Waals surface area contributed by atoms with Crippen molar-refractivity contribution in [3.63, 3.8) is 0 Å². The molecule has 2 aliphatic rings. The van der Waals surface area contributed by atoms with Gasteiger partial charge in [-0.1, -0.05) is 17.7 Å². The number of likely N-dealkylation sites (tertiary alicyclic amines) is 1. The molecule has 4 N–H and O–H groups in total. The van der Waals surface area contributed by atoms with E-state index in [2.05, 4.69) is 10.00 Å². The number of aliphatic hydroxyl groups is 2. The molecular formula is C26H24ClF3N4O7S. The van der Waals surface area contributed by atoms with Gasteiger partial charge in [0, 0.05) is 41.8 Å². The van der Waals surface area contributed by atoms with Crippen LogP contribution in [0.15, 0.2) is 36.7 Å². The second-order valence-electron chi connectivity index (χ2n) is 9.66. The Labute approximate surface area is 245 Å². The quantitative estimate of drug-likeness (QED) is 0.318. The maximum absolute atomic E-state index is 14.3. The van der Waals surface area contributed by atoms with Crippen LogP contribution in [0.2, 0.25) is 4.34 Å². The number of carboxylic acid groups (broad SMARTS) is 2. The van der Waals surface area contributed by atoms with Crippen LogP contribution in [0.1, 0.15) is 34.4 Å². The number of nitrogens with zero attached hydrogens (tertiary/aromatic N) is 4. The van der Waals surface area contributed by atoms with Gasteiger partial charge in [0.2, 0.25) is 0 Å². The molecule has 11 nitrogen and oxygen atoms in total. The summed E-state index contributed by atoms with van der Waals surface area (Å²) in [5, 5.41) is 46.0. The molecule has 0 amide bonds. The molecule has 1 saturated heterocycles. The summed E-state index contributed by atoms with van der Waals surface area (Å²) < 4.78 is 50.3. The molecule has 0 radical (unpaired) electrons. The predicted octanol–water partition coefficient (Wildman–Crippen LogP) is 3.09. The Morgan fingerprint density at radius 1 is 1.19 bits per heavy atom. The fourth-order valence-electron chi connectivity index (χ4n) is 4.72. The minimum Gasteiger partial charge on any atom is -0.479 e. The summed E-state index contributed by atoms with van der Waals surface area (Å²) in [7, 11) is 0. The van der Waals surface area contributed by atoms with Crippen molar-refractivity contribution in [3.8, 4) is 11.8 Å². The van der Waals surface area contributed by atoms with Gasteiger partial charge in [-0.25, -0.2) is 18.7 Å². The van der Waals surface area contributed by atoms with Crippen molar-refractivity contribution in [1.82, 2.24) is 14.7 Å². The van der Waals surface area contributed by atoms with Gasteiger partial charge >= 0.3 is 11.9 Å². The lowest BCUT2D eigenvalue weighted by Gasteiger charge is -2.45. The number of rotatable bonds is 6. The average molecular weight is 629 g/mol. The molecule has 0 unspecified atom stereocenters. The number of hydrogen-bond donors (Lipinski definition) is 4. The number of thiophene rings is 1. The van der Waals surface area contributed by atoms with E-state index in [9.17, 15) is 28.0 Å². The minimum atomic E-state index is -3.02. The van der Waals surface area contributed by atoms with Crippen molar-refractivity contribution < 1.29 is 47.9 Å². The molecule has 1 aromatic carbocycles. The number of aliphatic hydroxyl groups excluding tert-OH is 2. The summed E-state index contributed by atoms with van der Waals surface area (Å²) >= 11 is 7.24. The molecule has 2 atom stereocenters. The molecule has 0 aliphatic carbocycles. The first kappa shape index (κ1) is 31.4. The number of fused-ring (bicyclic) bond motifs is 2. The van der Waals surface area contributed by atoms with Crippen molar-refractivity contribution in [2.75, 3.05) is 19.7 Å². The van der Waals surface area contributed by atoms with Gasteiger partial charge in [-0.05, 0) is 31.0 Å². The number of aliphatic carboxylic acids is 2. The molecule has 42 heavy (non-hydrogen) atoms. The molecule has 0 saturated carbocycles. The predicted molar refractivity (Wildman–Crippen MR) is 141 cm³/mol. The largest absolute Gasteiger partial charge is 0.479 e. The van der Waals surface area contributed by atoms with E-state index in [-0.39, 0.29) is 16.8 Å². The van der Waals surface area contributed by atoms with Gasteiger partial charge in [0.1, 0.15) is 29.8 Å². The molecule has 2 aromatic heterocycles.